The Morgan fingerprint density at radius 2 is 1.93 bits per heavy atom. The number of ether oxygens (including phenoxy) is 1. The van der Waals surface area contributed by atoms with Crippen LogP contribution in [-0.2, 0) is 4.79 Å². The summed E-state index contributed by atoms with van der Waals surface area (Å²) in [7, 11) is 0. The Kier molecular flexibility index (Phi) is 5.76. The molecule has 0 heterocycles. The molecule has 0 aliphatic heterocycles. The Morgan fingerprint density at radius 1 is 1.15 bits per heavy atom. The number of rotatable bonds is 7. The molecule has 0 spiro atoms. The van der Waals surface area contributed by atoms with Crippen LogP contribution in [0.25, 0.3) is 0 Å². The summed E-state index contributed by atoms with van der Waals surface area (Å²) in [6, 6.07) is 11.6. The number of benzene rings is 2. The van der Waals surface area contributed by atoms with E-state index in [4.69, 9.17) is 16.3 Å². The van der Waals surface area contributed by atoms with Crippen molar-refractivity contribution in [1.29, 1.82) is 0 Å². The molecule has 0 aromatic heterocycles. The molecule has 1 aliphatic rings. The zero-order valence-electron chi connectivity index (χ0n) is 14.8. The zero-order valence-corrected chi connectivity index (χ0v) is 15.5. The van der Waals surface area contributed by atoms with Gasteiger partial charge in [-0.3, -0.25) is 14.4 Å². The minimum absolute atomic E-state index is 0.155. The summed E-state index contributed by atoms with van der Waals surface area (Å²) in [5.74, 6) is -0.474. The number of hydrogen-bond donors (Lipinski definition) is 2. The number of anilines is 1. The van der Waals surface area contributed by atoms with Gasteiger partial charge >= 0.3 is 0 Å². The van der Waals surface area contributed by atoms with Gasteiger partial charge in [-0.05, 0) is 56.2 Å². The summed E-state index contributed by atoms with van der Waals surface area (Å²) in [4.78, 5) is 35.9. The van der Waals surface area contributed by atoms with Crippen molar-refractivity contribution in [3.05, 3.63) is 58.6 Å². The molecule has 0 unspecified atom stereocenters. The van der Waals surface area contributed by atoms with Gasteiger partial charge in [-0.2, -0.15) is 0 Å². The van der Waals surface area contributed by atoms with E-state index in [1.165, 1.54) is 13.0 Å². The first-order valence-corrected chi connectivity index (χ1v) is 8.94. The van der Waals surface area contributed by atoms with Gasteiger partial charge in [-0.15, -0.1) is 0 Å². The Bertz CT molecular complexity index is 893. The van der Waals surface area contributed by atoms with E-state index in [9.17, 15) is 14.4 Å². The van der Waals surface area contributed by atoms with E-state index in [0.717, 1.165) is 12.8 Å². The average molecular weight is 387 g/mol. The number of hydrogen-bond acceptors (Lipinski definition) is 4. The summed E-state index contributed by atoms with van der Waals surface area (Å²) >= 11 is 5.89. The quantitative estimate of drug-likeness (QED) is 0.714. The lowest BCUT2D eigenvalue weighted by molar-refractivity contribution is -0.118. The van der Waals surface area contributed by atoms with Crippen molar-refractivity contribution in [1.82, 2.24) is 5.32 Å². The lowest BCUT2D eigenvalue weighted by Crippen LogP contribution is -2.25. The molecule has 2 aromatic carbocycles. The minimum atomic E-state index is -0.404. The number of halogens is 1. The van der Waals surface area contributed by atoms with Gasteiger partial charge in [0.2, 0.25) is 0 Å². The summed E-state index contributed by atoms with van der Waals surface area (Å²) in [5, 5.41) is 6.00. The van der Waals surface area contributed by atoms with Crippen molar-refractivity contribution in [2.75, 3.05) is 11.9 Å². The number of carbonyl (C=O) groups excluding carboxylic acids is 3. The van der Waals surface area contributed by atoms with Gasteiger partial charge in [0.1, 0.15) is 5.75 Å². The van der Waals surface area contributed by atoms with Crippen LogP contribution in [0.15, 0.2) is 42.5 Å². The number of ketones is 1. The third-order valence-electron chi connectivity index (χ3n) is 4.00. The smallest absolute Gasteiger partial charge is 0.262 e. The standard InChI is InChI=1S/C20H19ClN2O4/c1-12(24)17-10-14(21)5-8-18(17)27-11-19(25)22-16-4-2-3-13(9-16)20(26)23-15-6-7-15/h2-5,8-10,15H,6-7,11H2,1H3,(H,22,25)(H,23,26). The number of nitrogens with one attached hydrogen (secondary N) is 2. The third kappa shape index (κ3) is 5.31. The van der Waals surface area contributed by atoms with Crippen LogP contribution in [0.1, 0.15) is 40.5 Å². The summed E-state index contributed by atoms with van der Waals surface area (Å²) < 4.78 is 5.46. The third-order valence-corrected chi connectivity index (χ3v) is 4.24. The van der Waals surface area contributed by atoms with Gasteiger partial charge in [-0.1, -0.05) is 17.7 Å². The topological polar surface area (TPSA) is 84.5 Å². The molecule has 0 saturated heterocycles. The second kappa shape index (κ2) is 8.22. The van der Waals surface area contributed by atoms with Gasteiger partial charge < -0.3 is 15.4 Å². The van der Waals surface area contributed by atoms with E-state index >= 15 is 0 Å². The Morgan fingerprint density at radius 3 is 2.63 bits per heavy atom. The van der Waals surface area contributed by atoms with Gasteiger partial charge in [0.05, 0.1) is 5.56 Å². The highest BCUT2D eigenvalue weighted by molar-refractivity contribution is 6.31. The molecule has 2 N–H and O–H groups in total. The molecule has 1 saturated carbocycles. The van der Waals surface area contributed by atoms with E-state index in [-0.39, 0.29) is 24.3 Å². The van der Waals surface area contributed by atoms with Crippen LogP contribution in [0.4, 0.5) is 5.69 Å². The molecule has 1 aliphatic carbocycles. The Hall–Kier alpha value is -2.86. The molecule has 7 heteroatoms. The van der Waals surface area contributed by atoms with Crippen LogP contribution < -0.4 is 15.4 Å². The second-order valence-electron chi connectivity index (χ2n) is 6.36. The highest BCUT2D eigenvalue weighted by Crippen LogP contribution is 2.23. The van der Waals surface area contributed by atoms with Crippen LogP contribution in [0.5, 0.6) is 5.75 Å². The molecule has 2 amide bonds. The molecule has 0 atom stereocenters. The highest BCUT2D eigenvalue weighted by atomic mass is 35.5. The SMILES string of the molecule is CC(=O)c1cc(Cl)ccc1OCC(=O)Nc1cccc(C(=O)NC2CC2)c1. The fourth-order valence-corrected chi connectivity index (χ4v) is 2.65. The molecule has 1 fully saturated rings. The van der Waals surface area contributed by atoms with Crippen LogP contribution in [-0.4, -0.2) is 30.2 Å². The molecule has 27 heavy (non-hydrogen) atoms. The lowest BCUT2D eigenvalue weighted by atomic mass is 10.1. The van der Waals surface area contributed by atoms with Crippen LogP contribution in [0, 0.1) is 0 Å². The first-order valence-electron chi connectivity index (χ1n) is 8.56. The van der Waals surface area contributed by atoms with Gasteiger partial charge in [0.15, 0.2) is 12.4 Å². The van der Waals surface area contributed by atoms with Crippen LogP contribution in [0.2, 0.25) is 5.02 Å². The maximum absolute atomic E-state index is 12.2. The van der Waals surface area contributed by atoms with Crippen molar-refractivity contribution < 1.29 is 19.1 Å². The maximum atomic E-state index is 12.2. The van der Waals surface area contributed by atoms with Crippen molar-refractivity contribution in [3.8, 4) is 5.75 Å². The summed E-state index contributed by atoms with van der Waals surface area (Å²) in [6.45, 7) is 1.12. The molecular weight excluding hydrogens is 368 g/mol. The minimum Gasteiger partial charge on any atom is -0.483 e. The van der Waals surface area contributed by atoms with Crippen molar-refractivity contribution >= 4 is 34.9 Å². The van der Waals surface area contributed by atoms with Crippen molar-refractivity contribution in [3.63, 3.8) is 0 Å². The Balaban J connectivity index is 1.60. The average Bonchev–Trinajstić information content (AvgIpc) is 3.44. The molecular formula is C20H19ClN2O4. The van der Waals surface area contributed by atoms with E-state index in [1.54, 1.807) is 36.4 Å². The first kappa shape index (κ1) is 18.9. The lowest BCUT2D eigenvalue weighted by Gasteiger charge is -2.11. The fraction of sp³-hybridized carbons (Fsp3) is 0.250. The van der Waals surface area contributed by atoms with Crippen LogP contribution >= 0.6 is 11.6 Å². The highest BCUT2D eigenvalue weighted by Gasteiger charge is 2.23. The zero-order chi connectivity index (χ0) is 19.4. The largest absolute Gasteiger partial charge is 0.483 e. The number of Topliss-reactive ketones (excluding diaryl/α,β-unsaturated/α-hetero) is 1. The molecule has 0 bridgehead atoms. The summed E-state index contributed by atoms with van der Waals surface area (Å²) in [6.07, 6.45) is 2.01. The van der Waals surface area contributed by atoms with Crippen molar-refractivity contribution in [2.24, 2.45) is 0 Å². The van der Waals surface area contributed by atoms with E-state index < -0.39 is 5.91 Å². The fourth-order valence-electron chi connectivity index (χ4n) is 2.48. The van der Waals surface area contributed by atoms with Gasteiger partial charge in [-0.25, -0.2) is 0 Å². The number of amides is 2. The van der Waals surface area contributed by atoms with E-state index in [2.05, 4.69) is 10.6 Å². The predicted octanol–water partition coefficient (Wildman–Crippen LogP) is 3.45. The van der Waals surface area contributed by atoms with Gasteiger partial charge in [0, 0.05) is 22.3 Å². The van der Waals surface area contributed by atoms with Crippen LogP contribution in [0.3, 0.4) is 0 Å². The molecule has 140 valence electrons. The van der Waals surface area contributed by atoms with E-state index in [0.29, 0.717) is 27.6 Å². The van der Waals surface area contributed by atoms with E-state index in [1.807, 2.05) is 0 Å². The molecule has 2 aromatic rings. The predicted molar refractivity (Wildman–Crippen MR) is 103 cm³/mol. The molecule has 6 nitrogen and oxygen atoms in total. The summed E-state index contributed by atoms with van der Waals surface area (Å²) in [5.41, 5.74) is 1.29. The first-order chi connectivity index (χ1) is 12.9. The van der Waals surface area contributed by atoms with Crippen molar-refractivity contribution in [2.45, 2.75) is 25.8 Å². The molecule has 3 rings (SSSR count). The normalized spacial score (nSPS) is 13.0. The number of carbonyl (C=O) groups is 3. The maximum Gasteiger partial charge on any atom is 0.262 e. The molecule has 0 radical (unpaired) electrons. The monoisotopic (exact) mass is 386 g/mol. The Labute approximate surface area is 161 Å². The van der Waals surface area contributed by atoms with Gasteiger partial charge in [0.25, 0.3) is 11.8 Å². The second-order valence-corrected chi connectivity index (χ2v) is 6.80.